The molecule has 3 rings (SSSR count). The second-order valence-corrected chi connectivity index (χ2v) is 8.46. The number of sulfonamides is 1. The van der Waals surface area contributed by atoms with Crippen LogP contribution < -0.4 is 10.0 Å². The van der Waals surface area contributed by atoms with Crippen molar-refractivity contribution in [2.24, 2.45) is 7.05 Å². The van der Waals surface area contributed by atoms with Gasteiger partial charge in [-0.05, 0) is 25.0 Å². The number of aromatic nitrogens is 1. The van der Waals surface area contributed by atoms with E-state index in [-0.39, 0.29) is 29.1 Å². The van der Waals surface area contributed by atoms with Crippen molar-refractivity contribution in [3.8, 4) is 0 Å². The molecule has 0 aliphatic heterocycles. The summed E-state index contributed by atoms with van der Waals surface area (Å²) < 4.78 is 54.8. The molecule has 1 aromatic heterocycles. The second kappa shape index (κ2) is 6.83. The lowest BCUT2D eigenvalue weighted by Crippen LogP contribution is -2.42. The maximum atomic E-state index is 13.4. The zero-order chi connectivity index (χ0) is 20.9. The van der Waals surface area contributed by atoms with E-state index in [4.69, 9.17) is 16.7 Å². The minimum atomic E-state index is -4.19. The van der Waals surface area contributed by atoms with Crippen molar-refractivity contribution in [1.29, 1.82) is 0 Å². The van der Waals surface area contributed by atoms with Crippen LogP contribution in [0.2, 0.25) is 5.02 Å². The highest BCUT2D eigenvalue weighted by Crippen LogP contribution is 2.37. The zero-order valence-corrected chi connectivity index (χ0v) is 15.9. The number of amides is 1. The largest absolute Gasteiger partial charge is 0.480 e. The number of hydrogen-bond donors (Lipinski definition) is 3. The highest BCUT2D eigenvalue weighted by Gasteiger charge is 2.53. The third kappa shape index (κ3) is 3.73. The topological polar surface area (TPSA) is 118 Å². The number of hydrogen-bond acceptors (Lipinski definition) is 4. The Bertz CT molecular complexity index is 1070. The van der Waals surface area contributed by atoms with Gasteiger partial charge in [0.25, 0.3) is 5.91 Å². The fraction of sp³-hybridized carbons (Fsp3) is 0.250. The monoisotopic (exact) mass is 433 g/mol. The van der Waals surface area contributed by atoms with Crippen LogP contribution in [0.3, 0.4) is 0 Å². The van der Waals surface area contributed by atoms with Gasteiger partial charge in [0, 0.05) is 25.0 Å². The number of carbonyl (C=O) groups is 2. The van der Waals surface area contributed by atoms with Crippen molar-refractivity contribution in [2.75, 3.05) is 5.32 Å². The molecule has 1 fully saturated rings. The fourth-order valence-electron chi connectivity index (χ4n) is 2.53. The van der Waals surface area contributed by atoms with Crippen LogP contribution in [0.15, 0.2) is 29.3 Å². The summed E-state index contributed by atoms with van der Waals surface area (Å²) in [5.41, 5.74) is -1.76. The summed E-state index contributed by atoms with van der Waals surface area (Å²) in [5, 5.41) is 10.9. The molecule has 0 spiro atoms. The number of benzene rings is 1. The summed E-state index contributed by atoms with van der Waals surface area (Å²) in [5.74, 6) is -4.60. The third-order valence-corrected chi connectivity index (χ3v) is 6.03. The van der Waals surface area contributed by atoms with E-state index in [1.807, 2.05) is 0 Å². The first kappa shape index (κ1) is 20.2. The molecule has 0 unspecified atom stereocenters. The van der Waals surface area contributed by atoms with Crippen LogP contribution in [0.1, 0.15) is 23.3 Å². The van der Waals surface area contributed by atoms with Crippen LogP contribution in [0.25, 0.3) is 0 Å². The van der Waals surface area contributed by atoms with Gasteiger partial charge in [0.1, 0.15) is 16.1 Å². The van der Waals surface area contributed by atoms with Crippen LogP contribution in [0.4, 0.5) is 14.5 Å². The van der Waals surface area contributed by atoms with Crippen molar-refractivity contribution in [2.45, 2.75) is 23.3 Å². The smallest absolute Gasteiger partial charge is 0.324 e. The molecule has 0 bridgehead atoms. The van der Waals surface area contributed by atoms with Gasteiger partial charge in [-0.3, -0.25) is 9.59 Å². The third-order valence-electron chi connectivity index (χ3n) is 4.25. The first-order chi connectivity index (χ1) is 12.9. The zero-order valence-electron chi connectivity index (χ0n) is 14.3. The van der Waals surface area contributed by atoms with Crippen LogP contribution in [0.5, 0.6) is 0 Å². The minimum Gasteiger partial charge on any atom is -0.480 e. The van der Waals surface area contributed by atoms with E-state index >= 15 is 0 Å². The summed E-state index contributed by atoms with van der Waals surface area (Å²) in [4.78, 5) is 23.3. The lowest BCUT2D eigenvalue weighted by atomic mass is 10.3. The second-order valence-electron chi connectivity index (χ2n) is 6.37. The number of rotatable bonds is 6. The van der Waals surface area contributed by atoms with Gasteiger partial charge in [-0.1, -0.05) is 11.6 Å². The molecular weight excluding hydrogens is 420 g/mol. The molecule has 0 atom stereocenters. The first-order valence-corrected chi connectivity index (χ1v) is 9.71. The molecule has 0 saturated heterocycles. The number of anilines is 1. The van der Waals surface area contributed by atoms with Gasteiger partial charge in [0.05, 0.1) is 5.02 Å². The maximum Gasteiger partial charge on any atom is 0.324 e. The van der Waals surface area contributed by atoms with E-state index in [0.717, 1.165) is 24.4 Å². The standard InChI is InChI=1S/C16H14ClF2N3O5S/c1-22-7-9(28(26,27)21-16(2-3-16)15(24)25)6-12(22)14(23)20-8-4-10(17)13(19)11(18)5-8/h4-7,21H,2-3H2,1H3,(H,20,23)(H,24,25). The number of carbonyl (C=O) groups excluding carboxylic acids is 1. The number of nitrogens with zero attached hydrogens (tertiary/aromatic N) is 1. The summed E-state index contributed by atoms with van der Waals surface area (Å²) in [6.45, 7) is 0. The Labute approximate surface area is 163 Å². The Hall–Kier alpha value is -2.50. The van der Waals surface area contributed by atoms with E-state index in [0.29, 0.717) is 0 Å². The fourth-order valence-corrected chi connectivity index (χ4v) is 4.23. The summed E-state index contributed by atoms with van der Waals surface area (Å²) in [7, 11) is -2.79. The molecule has 1 aromatic carbocycles. The molecule has 1 heterocycles. The lowest BCUT2D eigenvalue weighted by Gasteiger charge is -2.11. The van der Waals surface area contributed by atoms with Crippen molar-refractivity contribution < 1.29 is 31.9 Å². The number of carboxylic acids is 1. The average Bonchev–Trinajstić information content (AvgIpc) is 3.24. The van der Waals surface area contributed by atoms with E-state index in [2.05, 4.69) is 10.0 Å². The van der Waals surface area contributed by atoms with Crippen molar-refractivity contribution >= 4 is 39.2 Å². The van der Waals surface area contributed by atoms with Crippen LogP contribution in [-0.2, 0) is 21.9 Å². The van der Waals surface area contributed by atoms with Crippen LogP contribution in [-0.4, -0.2) is 35.5 Å². The molecule has 2 aromatic rings. The SMILES string of the molecule is Cn1cc(S(=O)(=O)NC2(C(=O)O)CC2)cc1C(=O)Nc1cc(F)c(F)c(Cl)c1. The molecule has 12 heteroatoms. The van der Waals surface area contributed by atoms with Gasteiger partial charge in [0.15, 0.2) is 11.6 Å². The Morgan fingerprint density at radius 3 is 2.43 bits per heavy atom. The minimum absolute atomic E-state index is 0.110. The molecule has 1 amide bonds. The molecule has 3 N–H and O–H groups in total. The molecule has 150 valence electrons. The van der Waals surface area contributed by atoms with Gasteiger partial charge in [-0.15, -0.1) is 0 Å². The highest BCUT2D eigenvalue weighted by molar-refractivity contribution is 7.89. The summed E-state index contributed by atoms with van der Waals surface area (Å²) in [6, 6.07) is 2.77. The van der Waals surface area contributed by atoms with Gasteiger partial charge in [-0.25, -0.2) is 17.2 Å². The van der Waals surface area contributed by atoms with Gasteiger partial charge < -0.3 is 15.0 Å². The van der Waals surface area contributed by atoms with Crippen molar-refractivity contribution in [3.63, 3.8) is 0 Å². The molecule has 0 radical (unpaired) electrons. The number of aryl methyl sites for hydroxylation is 1. The summed E-state index contributed by atoms with van der Waals surface area (Å²) >= 11 is 5.53. The normalized spacial score (nSPS) is 15.3. The average molecular weight is 434 g/mol. The van der Waals surface area contributed by atoms with Crippen molar-refractivity contribution in [3.05, 3.63) is 46.7 Å². The molecule has 1 aliphatic rings. The molecule has 28 heavy (non-hydrogen) atoms. The quantitative estimate of drug-likeness (QED) is 0.603. The Balaban J connectivity index is 1.84. The van der Waals surface area contributed by atoms with Gasteiger partial charge in [-0.2, -0.15) is 4.72 Å². The molecular formula is C16H14ClF2N3O5S. The van der Waals surface area contributed by atoms with Crippen LogP contribution >= 0.6 is 11.6 Å². The number of aliphatic carboxylic acids is 1. The van der Waals surface area contributed by atoms with E-state index < -0.39 is 44.1 Å². The molecule has 1 aliphatic carbocycles. The maximum absolute atomic E-state index is 13.4. The Morgan fingerprint density at radius 2 is 1.89 bits per heavy atom. The highest BCUT2D eigenvalue weighted by atomic mass is 35.5. The number of halogens is 3. The van der Waals surface area contributed by atoms with Crippen LogP contribution in [0, 0.1) is 11.6 Å². The first-order valence-electron chi connectivity index (χ1n) is 7.85. The van der Waals surface area contributed by atoms with Gasteiger partial charge in [0.2, 0.25) is 10.0 Å². The van der Waals surface area contributed by atoms with E-state index in [9.17, 15) is 26.8 Å². The predicted octanol–water partition coefficient (Wildman–Crippen LogP) is 2.10. The number of carboxylic acid groups (broad SMARTS) is 1. The predicted molar refractivity (Wildman–Crippen MR) is 94.7 cm³/mol. The van der Waals surface area contributed by atoms with E-state index in [1.165, 1.54) is 11.6 Å². The van der Waals surface area contributed by atoms with E-state index in [1.54, 1.807) is 0 Å². The lowest BCUT2D eigenvalue weighted by molar-refractivity contribution is -0.140. The van der Waals surface area contributed by atoms with Gasteiger partial charge >= 0.3 is 5.97 Å². The summed E-state index contributed by atoms with van der Waals surface area (Å²) in [6.07, 6.45) is 1.46. The Morgan fingerprint density at radius 1 is 1.25 bits per heavy atom. The number of nitrogens with one attached hydrogen (secondary N) is 2. The molecule has 1 saturated carbocycles. The van der Waals surface area contributed by atoms with Crippen molar-refractivity contribution in [1.82, 2.24) is 9.29 Å². The Kier molecular flexibility index (Phi) is 4.94. The molecule has 8 nitrogen and oxygen atoms in total.